The maximum Gasteiger partial charge on any atom is 0.220 e. The Labute approximate surface area is 152 Å². The third-order valence-electron chi connectivity index (χ3n) is 3.67. The van der Waals surface area contributed by atoms with Crippen LogP contribution in [-0.4, -0.2) is 45.4 Å². The summed E-state index contributed by atoms with van der Waals surface area (Å²) in [5.41, 5.74) is 1.03. The van der Waals surface area contributed by atoms with Crippen molar-refractivity contribution in [1.29, 1.82) is 0 Å². The molecule has 1 unspecified atom stereocenters. The zero-order valence-electron chi connectivity index (χ0n) is 14.6. The van der Waals surface area contributed by atoms with E-state index >= 15 is 0 Å². The molecule has 0 fully saturated rings. The molecular formula is C17H24ClN5O2. The van der Waals surface area contributed by atoms with Gasteiger partial charge in [-0.3, -0.25) is 4.79 Å². The van der Waals surface area contributed by atoms with Crippen LogP contribution in [0.4, 0.5) is 0 Å². The zero-order valence-corrected chi connectivity index (χ0v) is 15.3. The molecule has 1 aromatic carbocycles. The summed E-state index contributed by atoms with van der Waals surface area (Å²) in [5.74, 6) is -0.0368. The van der Waals surface area contributed by atoms with E-state index in [1.807, 2.05) is 38.1 Å². The lowest BCUT2D eigenvalue weighted by atomic mass is 9.95. The van der Waals surface area contributed by atoms with Crippen molar-refractivity contribution >= 4 is 17.5 Å². The second kappa shape index (κ2) is 10.1. The highest BCUT2D eigenvalue weighted by Gasteiger charge is 2.17. The van der Waals surface area contributed by atoms with Crippen molar-refractivity contribution < 1.29 is 9.53 Å². The minimum Gasteiger partial charge on any atom is -0.379 e. The van der Waals surface area contributed by atoms with Crippen LogP contribution in [0.2, 0.25) is 5.02 Å². The standard InChI is InChI=1S/C17H24ClN5O2/c1-13(2)25-9-3-8-19-17(24)10-15(11-23-12-20-21-22-23)14-4-6-16(18)7-5-14/h4-7,12-13,15H,3,8-11H2,1-2H3,(H,19,24). The number of hydrogen-bond acceptors (Lipinski definition) is 5. The first-order valence-electron chi connectivity index (χ1n) is 8.39. The minimum atomic E-state index is -0.0346. The van der Waals surface area contributed by atoms with Crippen molar-refractivity contribution in [2.75, 3.05) is 13.2 Å². The van der Waals surface area contributed by atoms with Crippen LogP contribution in [0, 0.1) is 0 Å². The molecule has 1 heterocycles. The highest BCUT2D eigenvalue weighted by Crippen LogP contribution is 2.23. The lowest BCUT2D eigenvalue weighted by molar-refractivity contribution is -0.121. The fraction of sp³-hybridized carbons (Fsp3) is 0.529. The van der Waals surface area contributed by atoms with Gasteiger partial charge in [0.2, 0.25) is 5.91 Å². The topological polar surface area (TPSA) is 81.9 Å². The molecule has 0 aliphatic rings. The average molecular weight is 366 g/mol. The van der Waals surface area contributed by atoms with Gasteiger partial charge in [0.25, 0.3) is 0 Å². The number of aromatic nitrogens is 4. The average Bonchev–Trinajstić information content (AvgIpc) is 3.07. The highest BCUT2D eigenvalue weighted by molar-refractivity contribution is 6.30. The van der Waals surface area contributed by atoms with E-state index in [4.69, 9.17) is 16.3 Å². The van der Waals surface area contributed by atoms with Crippen molar-refractivity contribution in [2.24, 2.45) is 0 Å². The van der Waals surface area contributed by atoms with Gasteiger partial charge in [-0.2, -0.15) is 0 Å². The van der Waals surface area contributed by atoms with Crippen molar-refractivity contribution in [3.63, 3.8) is 0 Å². The lowest BCUT2D eigenvalue weighted by Crippen LogP contribution is -2.28. The molecule has 0 bridgehead atoms. The number of carbonyl (C=O) groups excluding carboxylic acids is 1. The Morgan fingerprint density at radius 2 is 2.08 bits per heavy atom. The van der Waals surface area contributed by atoms with Crippen LogP contribution in [0.15, 0.2) is 30.6 Å². The van der Waals surface area contributed by atoms with Crippen molar-refractivity contribution in [3.8, 4) is 0 Å². The molecule has 1 amide bonds. The molecular weight excluding hydrogens is 342 g/mol. The van der Waals surface area contributed by atoms with Gasteiger partial charge in [-0.25, -0.2) is 4.68 Å². The largest absolute Gasteiger partial charge is 0.379 e. The molecule has 1 atom stereocenters. The van der Waals surface area contributed by atoms with Gasteiger partial charge in [-0.15, -0.1) is 5.10 Å². The molecule has 0 saturated heterocycles. The minimum absolute atomic E-state index is 0.00225. The van der Waals surface area contributed by atoms with Gasteiger partial charge in [0.05, 0.1) is 12.6 Å². The van der Waals surface area contributed by atoms with Gasteiger partial charge >= 0.3 is 0 Å². The number of ether oxygens (including phenoxy) is 1. The monoisotopic (exact) mass is 365 g/mol. The van der Waals surface area contributed by atoms with Gasteiger partial charge in [0.15, 0.2) is 0 Å². The molecule has 136 valence electrons. The predicted octanol–water partition coefficient (Wildman–Crippen LogP) is 2.43. The van der Waals surface area contributed by atoms with E-state index in [1.165, 1.54) is 0 Å². The Bertz CT molecular complexity index is 631. The van der Waals surface area contributed by atoms with E-state index in [-0.39, 0.29) is 17.9 Å². The van der Waals surface area contributed by atoms with Crippen LogP contribution in [-0.2, 0) is 16.1 Å². The maximum atomic E-state index is 12.3. The van der Waals surface area contributed by atoms with Crippen LogP contribution < -0.4 is 5.32 Å². The molecule has 0 saturated carbocycles. The fourth-order valence-electron chi connectivity index (χ4n) is 2.43. The summed E-state index contributed by atoms with van der Waals surface area (Å²) < 4.78 is 7.09. The first-order valence-corrected chi connectivity index (χ1v) is 8.77. The molecule has 0 spiro atoms. The smallest absolute Gasteiger partial charge is 0.220 e. The van der Waals surface area contributed by atoms with Gasteiger partial charge in [-0.05, 0) is 48.4 Å². The SMILES string of the molecule is CC(C)OCCCNC(=O)CC(Cn1cnnn1)c1ccc(Cl)cc1. The molecule has 1 aromatic heterocycles. The second-order valence-corrected chi connectivity index (χ2v) is 6.54. The van der Waals surface area contributed by atoms with Crippen LogP contribution in [0.3, 0.4) is 0 Å². The summed E-state index contributed by atoms with van der Waals surface area (Å²) in [6.07, 6.45) is 2.90. The fourth-order valence-corrected chi connectivity index (χ4v) is 2.55. The number of tetrazole rings is 1. The molecule has 0 radical (unpaired) electrons. The number of halogens is 1. The van der Waals surface area contributed by atoms with Crippen LogP contribution in [0.1, 0.15) is 38.2 Å². The third kappa shape index (κ3) is 7.19. The number of hydrogen-bond donors (Lipinski definition) is 1. The van der Waals surface area contributed by atoms with Crippen LogP contribution in [0.25, 0.3) is 0 Å². The molecule has 25 heavy (non-hydrogen) atoms. The maximum absolute atomic E-state index is 12.3. The summed E-state index contributed by atoms with van der Waals surface area (Å²) in [7, 11) is 0. The quantitative estimate of drug-likeness (QED) is 0.654. The molecule has 8 heteroatoms. The highest BCUT2D eigenvalue weighted by atomic mass is 35.5. The molecule has 1 N–H and O–H groups in total. The molecule has 2 rings (SSSR count). The Hall–Kier alpha value is -1.99. The zero-order chi connectivity index (χ0) is 18.1. The summed E-state index contributed by atoms with van der Waals surface area (Å²) >= 11 is 5.96. The number of nitrogens with one attached hydrogen (secondary N) is 1. The van der Waals surface area contributed by atoms with E-state index in [0.717, 1.165) is 12.0 Å². The normalized spacial score (nSPS) is 12.3. The molecule has 0 aliphatic carbocycles. The lowest BCUT2D eigenvalue weighted by Gasteiger charge is -2.17. The van der Waals surface area contributed by atoms with E-state index in [1.54, 1.807) is 11.0 Å². The van der Waals surface area contributed by atoms with E-state index < -0.39 is 0 Å². The first kappa shape index (κ1) is 19.3. The van der Waals surface area contributed by atoms with Gasteiger partial charge in [0, 0.05) is 30.5 Å². The number of carbonyl (C=O) groups is 1. The third-order valence-corrected chi connectivity index (χ3v) is 3.92. The predicted molar refractivity (Wildman–Crippen MR) is 95.3 cm³/mol. The van der Waals surface area contributed by atoms with Crippen molar-refractivity contribution in [2.45, 2.75) is 45.3 Å². The first-order chi connectivity index (χ1) is 12.0. The summed E-state index contributed by atoms with van der Waals surface area (Å²) in [6.45, 7) is 5.76. The second-order valence-electron chi connectivity index (χ2n) is 6.11. The Kier molecular flexibility index (Phi) is 7.81. The Balaban J connectivity index is 1.89. The summed E-state index contributed by atoms with van der Waals surface area (Å²) in [4.78, 5) is 12.3. The van der Waals surface area contributed by atoms with Crippen molar-refractivity contribution in [1.82, 2.24) is 25.5 Å². The Morgan fingerprint density at radius 1 is 1.32 bits per heavy atom. The molecule has 2 aromatic rings. The van der Waals surface area contributed by atoms with Crippen LogP contribution in [0.5, 0.6) is 0 Å². The van der Waals surface area contributed by atoms with E-state index in [0.29, 0.717) is 31.1 Å². The van der Waals surface area contributed by atoms with Crippen LogP contribution >= 0.6 is 11.6 Å². The van der Waals surface area contributed by atoms with Gasteiger partial charge < -0.3 is 10.1 Å². The van der Waals surface area contributed by atoms with E-state index in [2.05, 4.69) is 20.8 Å². The number of nitrogens with zero attached hydrogens (tertiary/aromatic N) is 4. The number of amides is 1. The summed E-state index contributed by atoms with van der Waals surface area (Å²) in [6, 6.07) is 7.51. The molecule has 0 aliphatic heterocycles. The number of benzene rings is 1. The van der Waals surface area contributed by atoms with Crippen molar-refractivity contribution in [3.05, 3.63) is 41.2 Å². The van der Waals surface area contributed by atoms with Gasteiger partial charge in [0.1, 0.15) is 6.33 Å². The van der Waals surface area contributed by atoms with E-state index in [9.17, 15) is 4.79 Å². The summed E-state index contributed by atoms with van der Waals surface area (Å²) in [5, 5.41) is 14.8. The number of rotatable bonds is 10. The molecule has 7 nitrogen and oxygen atoms in total. The van der Waals surface area contributed by atoms with Gasteiger partial charge in [-0.1, -0.05) is 23.7 Å². The Morgan fingerprint density at radius 3 is 2.72 bits per heavy atom.